The second kappa shape index (κ2) is 4.03. The van der Waals surface area contributed by atoms with Crippen LogP contribution in [0.1, 0.15) is 22.5 Å². The van der Waals surface area contributed by atoms with Crippen LogP contribution in [0.2, 0.25) is 0 Å². The first kappa shape index (κ1) is 10.1. The molecule has 1 aliphatic rings. The van der Waals surface area contributed by atoms with Gasteiger partial charge in [-0.2, -0.15) is 0 Å². The third kappa shape index (κ3) is 1.68. The Kier molecular flexibility index (Phi) is 2.53. The first-order valence-corrected chi connectivity index (χ1v) is 6.89. The quantitative estimate of drug-likeness (QED) is 0.757. The molecule has 1 aliphatic heterocycles. The fourth-order valence-corrected chi connectivity index (χ4v) is 3.77. The summed E-state index contributed by atoms with van der Waals surface area (Å²) in [5, 5.41) is 2.05. The standard InChI is InChI=1S/C12H10O2S2/c13-12(8-3-1-2-5-14-8)11-7-10-9(16-11)4-6-15-10/h3-4,6-7H,1-2,5H2. The minimum absolute atomic E-state index is 0.0353. The van der Waals surface area contributed by atoms with Crippen molar-refractivity contribution in [1.29, 1.82) is 0 Å². The van der Waals surface area contributed by atoms with Gasteiger partial charge in [-0.25, -0.2) is 0 Å². The number of fused-ring (bicyclic) bond motifs is 1. The number of Topliss-reactive ketones (excluding diaryl/α,β-unsaturated/α-hetero) is 1. The zero-order valence-electron chi connectivity index (χ0n) is 8.56. The van der Waals surface area contributed by atoms with Gasteiger partial charge < -0.3 is 4.74 Å². The van der Waals surface area contributed by atoms with Crippen LogP contribution in [-0.2, 0) is 4.74 Å². The zero-order chi connectivity index (χ0) is 11.0. The van der Waals surface area contributed by atoms with Crippen molar-refractivity contribution >= 4 is 37.9 Å². The fourth-order valence-electron chi connectivity index (χ4n) is 1.71. The van der Waals surface area contributed by atoms with E-state index in [0.29, 0.717) is 12.4 Å². The molecule has 0 N–H and O–H groups in total. The van der Waals surface area contributed by atoms with Crippen molar-refractivity contribution in [3.63, 3.8) is 0 Å². The first-order chi connectivity index (χ1) is 7.84. The monoisotopic (exact) mass is 250 g/mol. The third-order valence-corrected chi connectivity index (χ3v) is 4.61. The Hall–Kier alpha value is -1.13. The maximum atomic E-state index is 12.1. The predicted molar refractivity (Wildman–Crippen MR) is 67.3 cm³/mol. The number of hydrogen-bond acceptors (Lipinski definition) is 4. The molecule has 2 aromatic heterocycles. The van der Waals surface area contributed by atoms with Crippen molar-refractivity contribution in [1.82, 2.24) is 0 Å². The van der Waals surface area contributed by atoms with Crippen LogP contribution in [-0.4, -0.2) is 12.4 Å². The van der Waals surface area contributed by atoms with Gasteiger partial charge in [0.1, 0.15) is 0 Å². The van der Waals surface area contributed by atoms with Crippen molar-refractivity contribution in [3.05, 3.63) is 34.2 Å². The van der Waals surface area contributed by atoms with Gasteiger partial charge in [0.05, 0.1) is 11.5 Å². The Balaban J connectivity index is 1.94. The summed E-state index contributed by atoms with van der Waals surface area (Å²) < 4.78 is 7.76. The number of carbonyl (C=O) groups is 1. The lowest BCUT2D eigenvalue weighted by molar-refractivity contribution is 0.0903. The summed E-state index contributed by atoms with van der Waals surface area (Å²) in [6.45, 7) is 0.664. The average Bonchev–Trinajstić information content (AvgIpc) is 2.89. The Morgan fingerprint density at radius 1 is 1.38 bits per heavy atom. The van der Waals surface area contributed by atoms with Gasteiger partial charge >= 0.3 is 0 Å². The molecule has 3 rings (SSSR count). The third-order valence-electron chi connectivity index (χ3n) is 2.52. The van der Waals surface area contributed by atoms with Crippen LogP contribution in [0.4, 0.5) is 0 Å². The van der Waals surface area contributed by atoms with E-state index < -0.39 is 0 Å². The molecule has 0 aliphatic carbocycles. The molecule has 0 amide bonds. The molecule has 0 atom stereocenters. The van der Waals surface area contributed by atoms with Crippen molar-refractivity contribution in [3.8, 4) is 0 Å². The van der Waals surface area contributed by atoms with Crippen LogP contribution < -0.4 is 0 Å². The van der Waals surface area contributed by atoms with Gasteiger partial charge in [-0.15, -0.1) is 22.7 Å². The normalized spacial score (nSPS) is 15.9. The van der Waals surface area contributed by atoms with Crippen LogP contribution >= 0.6 is 22.7 Å². The van der Waals surface area contributed by atoms with E-state index in [1.165, 1.54) is 9.40 Å². The summed E-state index contributed by atoms with van der Waals surface area (Å²) in [7, 11) is 0. The van der Waals surface area contributed by atoms with Gasteiger partial charge in [0.15, 0.2) is 5.76 Å². The Labute approximate surface area is 101 Å². The highest BCUT2D eigenvalue weighted by molar-refractivity contribution is 7.28. The number of ketones is 1. The molecule has 0 saturated carbocycles. The highest BCUT2D eigenvalue weighted by atomic mass is 32.1. The highest BCUT2D eigenvalue weighted by Gasteiger charge is 2.18. The number of carbonyl (C=O) groups excluding carboxylic acids is 1. The number of rotatable bonds is 2. The molecular weight excluding hydrogens is 240 g/mol. The van der Waals surface area contributed by atoms with Gasteiger partial charge in [0.2, 0.25) is 5.78 Å². The summed E-state index contributed by atoms with van der Waals surface area (Å²) in [6.07, 6.45) is 3.86. The molecule has 0 bridgehead atoms. The van der Waals surface area contributed by atoms with Gasteiger partial charge in [-0.05, 0) is 36.4 Å². The molecule has 0 aromatic carbocycles. The molecule has 0 saturated heterocycles. The largest absolute Gasteiger partial charge is 0.490 e. The first-order valence-electron chi connectivity index (χ1n) is 5.19. The summed E-state index contributed by atoms with van der Waals surface area (Å²) in [5.74, 6) is 0.563. The lowest BCUT2D eigenvalue weighted by Crippen LogP contribution is -2.10. The number of ether oxygens (including phenoxy) is 1. The molecule has 0 fully saturated rings. The van der Waals surface area contributed by atoms with Gasteiger partial charge in [-0.3, -0.25) is 4.79 Å². The lowest BCUT2D eigenvalue weighted by Gasteiger charge is -2.12. The SMILES string of the molecule is O=C(C1=CCCCO1)c1cc2sccc2s1. The molecule has 0 unspecified atom stereocenters. The Bertz CT molecular complexity index is 534. The lowest BCUT2D eigenvalue weighted by atomic mass is 10.2. The minimum Gasteiger partial charge on any atom is -0.490 e. The summed E-state index contributed by atoms with van der Waals surface area (Å²) in [4.78, 5) is 12.9. The molecule has 16 heavy (non-hydrogen) atoms. The fraction of sp³-hybridized carbons (Fsp3) is 0.250. The molecule has 2 aromatic rings. The van der Waals surface area contributed by atoms with E-state index in [-0.39, 0.29) is 5.78 Å². The van der Waals surface area contributed by atoms with E-state index in [1.807, 2.05) is 17.5 Å². The van der Waals surface area contributed by atoms with Crippen LogP contribution in [0.15, 0.2) is 29.3 Å². The maximum absolute atomic E-state index is 12.1. The Morgan fingerprint density at radius 3 is 3.06 bits per heavy atom. The van der Waals surface area contributed by atoms with Gasteiger partial charge in [0, 0.05) is 9.40 Å². The molecule has 2 nitrogen and oxygen atoms in total. The van der Waals surface area contributed by atoms with Crippen LogP contribution in [0.25, 0.3) is 9.40 Å². The smallest absolute Gasteiger partial charge is 0.237 e. The van der Waals surface area contributed by atoms with Crippen LogP contribution in [0.3, 0.4) is 0 Å². The van der Waals surface area contributed by atoms with E-state index >= 15 is 0 Å². The molecular formula is C12H10O2S2. The molecule has 4 heteroatoms. The maximum Gasteiger partial charge on any atom is 0.237 e. The number of thiophene rings is 2. The van der Waals surface area contributed by atoms with Crippen molar-refractivity contribution in [2.24, 2.45) is 0 Å². The summed E-state index contributed by atoms with van der Waals surface area (Å²) in [6, 6.07) is 4.02. The average molecular weight is 250 g/mol. The zero-order valence-corrected chi connectivity index (χ0v) is 10.2. The Morgan fingerprint density at radius 2 is 2.31 bits per heavy atom. The van der Waals surface area contributed by atoms with Gasteiger partial charge in [-0.1, -0.05) is 0 Å². The predicted octanol–water partition coefficient (Wildman–Crippen LogP) is 3.84. The number of hydrogen-bond donors (Lipinski definition) is 0. The molecule has 0 spiro atoms. The molecule has 82 valence electrons. The van der Waals surface area contributed by atoms with E-state index in [9.17, 15) is 4.79 Å². The van der Waals surface area contributed by atoms with Crippen molar-refractivity contribution < 1.29 is 9.53 Å². The van der Waals surface area contributed by atoms with Crippen molar-refractivity contribution in [2.75, 3.05) is 6.61 Å². The van der Waals surface area contributed by atoms with E-state index in [4.69, 9.17) is 4.74 Å². The summed E-state index contributed by atoms with van der Waals surface area (Å²) in [5.41, 5.74) is 0. The van der Waals surface area contributed by atoms with E-state index in [0.717, 1.165) is 17.7 Å². The molecule has 3 heterocycles. The highest BCUT2D eigenvalue weighted by Crippen LogP contribution is 2.31. The van der Waals surface area contributed by atoms with Gasteiger partial charge in [0.25, 0.3) is 0 Å². The number of allylic oxidation sites excluding steroid dienone is 2. The minimum atomic E-state index is 0.0353. The second-order valence-electron chi connectivity index (χ2n) is 3.65. The van der Waals surface area contributed by atoms with E-state index in [1.54, 1.807) is 22.7 Å². The van der Waals surface area contributed by atoms with Crippen LogP contribution in [0.5, 0.6) is 0 Å². The van der Waals surface area contributed by atoms with E-state index in [2.05, 4.69) is 6.07 Å². The van der Waals surface area contributed by atoms with Crippen molar-refractivity contribution in [2.45, 2.75) is 12.8 Å². The van der Waals surface area contributed by atoms with Crippen LogP contribution in [0, 0.1) is 0 Å². The topological polar surface area (TPSA) is 26.3 Å². The molecule has 0 radical (unpaired) electrons. The second-order valence-corrected chi connectivity index (χ2v) is 5.68. The summed E-state index contributed by atoms with van der Waals surface area (Å²) >= 11 is 3.22.